The Balaban J connectivity index is 1.39. The van der Waals surface area contributed by atoms with Crippen LogP contribution < -0.4 is 0 Å². The second kappa shape index (κ2) is 9.89. The Morgan fingerprint density at radius 3 is 2.77 bits per heavy atom. The number of rotatable bonds is 11. The van der Waals surface area contributed by atoms with Gasteiger partial charge in [-0.1, -0.05) is 42.5 Å². The molecule has 3 rings (SSSR count). The zero-order valence-corrected chi connectivity index (χ0v) is 15.4. The highest BCUT2D eigenvalue weighted by molar-refractivity contribution is 5.66. The van der Waals surface area contributed by atoms with Gasteiger partial charge >= 0.3 is 5.97 Å². The minimum Gasteiger partial charge on any atom is -0.481 e. The molecule has 1 aromatic rings. The molecule has 26 heavy (non-hydrogen) atoms. The van der Waals surface area contributed by atoms with Crippen LogP contribution in [-0.2, 0) is 20.7 Å². The van der Waals surface area contributed by atoms with Crippen molar-refractivity contribution < 1.29 is 19.4 Å². The second-order valence-electron chi connectivity index (χ2n) is 7.37. The lowest BCUT2D eigenvalue weighted by atomic mass is 9.84. The fraction of sp³-hybridized carbons (Fsp3) is 0.591. The average molecular weight is 358 g/mol. The third-order valence-corrected chi connectivity index (χ3v) is 5.45. The Morgan fingerprint density at radius 1 is 1.15 bits per heavy atom. The van der Waals surface area contributed by atoms with Gasteiger partial charge in [0.2, 0.25) is 0 Å². The molecule has 4 heteroatoms. The first kappa shape index (κ1) is 19.1. The lowest BCUT2D eigenvalue weighted by Gasteiger charge is -2.27. The maximum Gasteiger partial charge on any atom is 0.303 e. The number of unbranched alkanes of at least 4 members (excludes halogenated alkanes) is 1. The van der Waals surface area contributed by atoms with Crippen LogP contribution >= 0.6 is 0 Å². The van der Waals surface area contributed by atoms with Gasteiger partial charge in [-0.3, -0.25) is 4.79 Å². The summed E-state index contributed by atoms with van der Waals surface area (Å²) in [6.45, 7) is 0.783. The van der Waals surface area contributed by atoms with Gasteiger partial charge in [0.25, 0.3) is 0 Å². The van der Waals surface area contributed by atoms with Crippen molar-refractivity contribution in [2.24, 2.45) is 5.92 Å². The molecule has 142 valence electrons. The van der Waals surface area contributed by atoms with Gasteiger partial charge in [-0.2, -0.15) is 0 Å². The number of allylic oxidation sites excluding steroid dienone is 2. The normalized spacial score (nSPS) is 27.4. The summed E-state index contributed by atoms with van der Waals surface area (Å²) in [7, 11) is 0. The largest absolute Gasteiger partial charge is 0.481 e. The lowest BCUT2D eigenvalue weighted by Crippen LogP contribution is -2.34. The van der Waals surface area contributed by atoms with Crippen molar-refractivity contribution in [3.63, 3.8) is 0 Å². The Kier molecular flexibility index (Phi) is 7.27. The van der Waals surface area contributed by atoms with E-state index in [0.717, 1.165) is 45.1 Å². The van der Waals surface area contributed by atoms with Crippen LogP contribution in [0.15, 0.2) is 42.5 Å². The van der Waals surface area contributed by atoms with Crippen LogP contribution in [0.2, 0.25) is 0 Å². The summed E-state index contributed by atoms with van der Waals surface area (Å²) in [4.78, 5) is 10.5. The van der Waals surface area contributed by atoms with Gasteiger partial charge in [0.15, 0.2) is 0 Å². The first-order valence-corrected chi connectivity index (χ1v) is 9.92. The molecule has 2 bridgehead atoms. The maximum absolute atomic E-state index is 10.5. The van der Waals surface area contributed by atoms with E-state index in [0.29, 0.717) is 18.4 Å². The monoisotopic (exact) mass is 358 g/mol. The topological polar surface area (TPSA) is 55.8 Å². The van der Waals surface area contributed by atoms with Crippen molar-refractivity contribution in [3.8, 4) is 0 Å². The Labute approximate surface area is 156 Å². The van der Waals surface area contributed by atoms with E-state index < -0.39 is 5.97 Å². The van der Waals surface area contributed by atoms with Gasteiger partial charge in [0, 0.05) is 18.9 Å². The van der Waals surface area contributed by atoms with Crippen LogP contribution in [0.4, 0.5) is 0 Å². The predicted molar refractivity (Wildman–Crippen MR) is 101 cm³/mol. The van der Waals surface area contributed by atoms with E-state index >= 15 is 0 Å². The van der Waals surface area contributed by atoms with Crippen LogP contribution in [-0.4, -0.2) is 36.0 Å². The molecule has 2 saturated heterocycles. The predicted octanol–water partition coefficient (Wildman–Crippen LogP) is 4.38. The molecule has 2 fully saturated rings. The van der Waals surface area contributed by atoms with E-state index in [-0.39, 0.29) is 18.6 Å². The van der Waals surface area contributed by atoms with E-state index in [1.54, 1.807) is 0 Å². The highest BCUT2D eigenvalue weighted by Gasteiger charge is 2.48. The van der Waals surface area contributed by atoms with Gasteiger partial charge in [-0.15, -0.1) is 0 Å². The SMILES string of the molecule is O=C(O)CCC/C=C\C[C@@H]1[C@H](OCCCc2ccccc2)[C@@H]2CC[C@H]1O2. The van der Waals surface area contributed by atoms with Gasteiger partial charge in [0.05, 0.1) is 18.3 Å². The Bertz CT molecular complexity index is 583. The number of carboxylic acid groups (broad SMARTS) is 1. The second-order valence-corrected chi connectivity index (χ2v) is 7.37. The van der Waals surface area contributed by atoms with Crippen molar-refractivity contribution in [1.82, 2.24) is 0 Å². The number of ether oxygens (including phenoxy) is 2. The smallest absolute Gasteiger partial charge is 0.303 e. The zero-order chi connectivity index (χ0) is 18.2. The molecule has 2 heterocycles. The molecule has 0 amide bonds. The molecule has 0 unspecified atom stereocenters. The minimum absolute atomic E-state index is 0.216. The number of fused-ring (bicyclic) bond motifs is 2. The third kappa shape index (κ3) is 5.42. The highest BCUT2D eigenvalue weighted by Crippen LogP contribution is 2.42. The van der Waals surface area contributed by atoms with Crippen molar-refractivity contribution in [3.05, 3.63) is 48.0 Å². The van der Waals surface area contributed by atoms with Crippen molar-refractivity contribution in [2.45, 2.75) is 69.7 Å². The molecular formula is C22H30O4. The first-order valence-electron chi connectivity index (χ1n) is 9.92. The third-order valence-electron chi connectivity index (χ3n) is 5.45. The first-order chi connectivity index (χ1) is 12.7. The summed E-state index contributed by atoms with van der Waals surface area (Å²) in [5, 5.41) is 8.67. The van der Waals surface area contributed by atoms with E-state index in [9.17, 15) is 4.79 Å². The molecule has 0 spiro atoms. The molecule has 0 radical (unpaired) electrons. The molecule has 4 atom stereocenters. The van der Waals surface area contributed by atoms with Crippen molar-refractivity contribution in [2.75, 3.05) is 6.61 Å². The summed E-state index contributed by atoms with van der Waals surface area (Å²) in [6, 6.07) is 10.5. The maximum atomic E-state index is 10.5. The van der Waals surface area contributed by atoms with E-state index in [4.69, 9.17) is 14.6 Å². The summed E-state index contributed by atoms with van der Waals surface area (Å²) in [5.41, 5.74) is 1.36. The average Bonchev–Trinajstić information content (AvgIpc) is 3.24. The minimum atomic E-state index is -0.719. The molecule has 2 aliphatic heterocycles. The molecule has 0 saturated carbocycles. The number of carboxylic acids is 1. The van der Waals surface area contributed by atoms with Gasteiger partial charge < -0.3 is 14.6 Å². The summed E-state index contributed by atoms with van der Waals surface area (Å²) < 4.78 is 12.3. The van der Waals surface area contributed by atoms with E-state index in [1.165, 1.54) is 5.56 Å². The molecule has 1 N–H and O–H groups in total. The summed E-state index contributed by atoms with van der Waals surface area (Å²) in [5.74, 6) is -0.273. The van der Waals surface area contributed by atoms with Crippen LogP contribution in [0.3, 0.4) is 0 Å². The fourth-order valence-corrected chi connectivity index (χ4v) is 4.13. The molecule has 0 aliphatic carbocycles. The summed E-state index contributed by atoms with van der Waals surface area (Å²) >= 11 is 0. The number of aryl methyl sites for hydroxylation is 1. The molecule has 1 aromatic carbocycles. The van der Waals surface area contributed by atoms with Gasteiger partial charge in [-0.05, 0) is 50.5 Å². The number of hydrogen-bond acceptors (Lipinski definition) is 3. The highest BCUT2D eigenvalue weighted by atomic mass is 16.6. The van der Waals surface area contributed by atoms with Crippen molar-refractivity contribution in [1.29, 1.82) is 0 Å². The van der Waals surface area contributed by atoms with Crippen molar-refractivity contribution >= 4 is 5.97 Å². The van der Waals surface area contributed by atoms with Gasteiger partial charge in [-0.25, -0.2) is 0 Å². The summed E-state index contributed by atoms with van der Waals surface area (Å²) in [6.07, 6.45) is 12.2. The Hall–Kier alpha value is -1.65. The quantitative estimate of drug-likeness (QED) is 0.471. The Morgan fingerprint density at radius 2 is 1.96 bits per heavy atom. The number of aliphatic carboxylic acids is 1. The molecule has 2 aliphatic rings. The zero-order valence-electron chi connectivity index (χ0n) is 15.4. The van der Waals surface area contributed by atoms with Crippen LogP contribution in [0.25, 0.3) is 0 Å². The number of benzene rings is 1. The molecular weight excluding hydrogens is 328 g/mol. The molecule has 4 nitrogen and oxygen atoms in total. The van der Waals surface area contributed by atoms with E-state index in [2.05, 4.69) is 36.4 Å². The molecule has 0 aromatic heterocycles. The standard InChI is InChI=1S/C22H30O4/c23-21(24)13-7-2-1-6-12-18-19-14-15-20(26-19)22(18)25-16-8-11-17-9-4-3-5-10-17/h1,3-6,9-10,18-20,22H,2,7-8,11-16H2,(H,23,24)/b6-1-/t18-,19+,20-,22-/m0/s1. The van der Waals surface area contributed by atoms with Crippen LogP contribution in [0.5, 0.6) is 0 Å². The van der Waals surface area contributed by atoms with Gasteiger partial charge in [0.1, 0.15) is 0 Å². The number of hydrogen-bond donors (Lipinski definition) is 1. The number of carbonyl (C=O) groups is 1. The lowest BCUT2D eigenvalue weighted by molar-refractivity contribution is -0.137. The fourth-order valence-electron chi connectivity index (χ4n) is 4.13. The van der Waals surface area contributed by atoms with E-state index in [1.807, 2.05) is 6.07 Å². The van der Waals surface area contributed by atoms with Crippen LogP contribution in [0, 0.1) is 5.92 Å². The van der Waals surface area contributed by atoms with Crippen LogP contribution in [0.1, 0.15) is 50.5 Å².